The smallest absolute Gasteiger partial charge is 0.336 e. The highest BCUT2D eigenvalue weighted by Crippen LogP contribution is 2.31. The van der Waals surface area contributed by atoms with Crippen molar-refractivity contribution in [2.75, 3.05) is 0 Å². The van der Waals surface area contributed by atoms with E-state index >= 15 is 0 Å². The first-order valence-electron chi connectivity index (χ1n) is 5.44. The van der Waals surface area contributed by atoms with E-state index in [0.29, 0.717) is 16.4 Å². The van der Waals surface area contributed by atoms with Gasteiger partial charge in [0.15, 0.2) is 0 Å². The minimum absolute atomic E-state index is 0.160. The Hall–Kier alpha value is -2.00. The summed E-state index contributed by atoms with van der Waals surface area (Å²) in [5, 5.41) is 11.9. The van der Waals surface area contributed by atoms with Gasteiger partial charge in [0.2, 0.25) is 0 Å². The maximum absolute atomic E-state index is 11.5. The van der Waals surface area contributed by atoms with Gasteiger partial charge in [0.1, 0.15) is 11.3 Å². The van der Waals surface area contributed by atoms with E-state index in [-0.39, 0.29) is 11.6 Å². The van der Waals surface area contributed by atoms with Gasteiger partial charge in [0.25, 0.3) is 0 Å². The van der Waals surface area contributed by atoms with E-state index in [1.807, 2.05) is 0 Å². The molecule has 0 spiro atoms. The maximum atomic E-state index is 11.5. The molecule has 0 unspecified atom stereocenters. The normalized spacial score (nSPS) is 11.2. The van der Waals surface area contributed by atoms with Gasteiger partial charge in [-0.15, -0.1) is 11.6 Å². The molecule has 90 valence electrons. The number of phenols is 1. The summed E-state index contributed by atoms with van der Waals surface area (Å²) in [4.78, 5) is 11.5. The number of phenolic OH excluding ortho intramolecular Hbond substituents is 1. The lowest BCUT2D eigenvalue weighted by Gasteiger charge is -2.06. The number of aromatic hydroxyl groups is 1. The molecular weight excluding hydrogens is 252 g/mol. The Kier molecular flexibility index (Phi) is 2.49. The van der Waals surface area contributed by atoms with Crippen molar-refractivity contribution in [3.05, 3.63) is 52.4 Å². The summed E-state index contributed by atoms with van der Waals surface area (Å²) in [5.74, 6) is 0.403. The molecule has 0 aliphatic rings. The van der Waals surface area contributed by atoms with Crippen molar-refractivity contribution in [3.63, 3.8) is 0 Å². The Morgan fingerprint density at radius 2 is 1.89 bits per heavy atom. The number of hydrogen-bond donors (Lipinski definition) is 1. The molecule has 3 nitrogen and oxygen atoms in total. The molecule has 3 rings (SSSR count). The molecule has 3 aromatic rings. The molecule has 18 heavy (non-hydrogen) atoms. The molecule has 2 aromatic carbocycles. The third kappa shape index (κ3) is 1.56. The Morgan fingerprint density at radius 1 is 1.11 bits per heavy atom. The summed E-state index contributed by atoms with van der Waals surface area (Å²) in [6.07, 6.45) is 0. The molecule has 4 heteroatoms. The summed E-state index contributed by atoms with van der Waals surface area (Å²) < 4.78 is 5.25. The van der Waals surface area contributed by atoms with Gasteiger partial charge in [-0.05, 0) is 17.7 Å². The van der Waals surface area contributed by atoms with Gasteiger partial charge in [0, 0.05) is 28.1 Å². The summed E-state index contributed by atoms with van der Waals surface area (Å²) in [6.45, 7) is 0. The number of fused-ring (bicyclic) bond motifs is 3. The molecule has 0 amide bonds. The van der Waals surface area contributed by atoms with Crippen LogP contribution in [0.15, 0.2) is 45.6 Å². The fourth-order valence-corrected chi connectivity index (χ4v) is 2.36. The van der Waals surface area contributed by atoms with Crippen LogP contribution in [0.25, 0.3) is 21.7 Å². The van der Waals surface area contributed by atoms with Crippen LogP contribution in [0.1, 0.15) is 5.56 Å². The second-order valence-electron chi connectivity index (χ2n) is 4.04. The average molecular weight is 261 g/mol. The second kappa shape index (κ2) is 4.03. The first-order chi connectivity index (χ1) is 8.70. The van der Waals surface area contributed by atoms with Crippen molar-refractivity contribution in [1.82, 2.24) is 0 Å². The molecule has 0 atom stereocenters. The third-order valence-electron chi connectivity index (χ3n) is 2.97. The van der Waals surface area contributed by atoms with Crippen molar-refractivity contribution in [1.29, 1.82) is 0 Å². The van der Waals surface area contributed by atoms with Crippen LogP contribution in [0.4, 0.5) is 0 Å². The molecular formula is C14H9ClO3. The van der Waals surface area contributed by atoms with E-state index < -0.39 is 5.63 Å². The first-order valence-corrected chi connectivity index (χ1v) is 5.97. The number of alkyl halides is 1. The number of rotatable bonds is 1. The monoisotopic (exact) mass is 260 g/mol. The molecule has 0 bridgehead atoms. The number of hydrogen-bond acceptors (Lipinski definition) is 3. The van der Waals surface area contributed by atoms with Crippen LogP contribution < -0.4 is 5.63 Å². The zero-order chi connectivity index (χ0) is 12.7. The molecule has 0 saturated heterocycles. The highest BCUT2D eigenvalue weighted by atomic mass is 35.5. The average Bonchev–Trinajstić information content (AvgIpc) is 2.38. The van der Waals surface area contributed by atoms with Crippen LogP contribution in [0.5, 0.6) is 5.75 Å². The predicted octanol–water partition coefficient (Wildman–Crippen LogP) is 3.39. The van der Waals surface area contributed by atoms with Gasteiger partial charge in [-0.2, -0.15) is 0 Å². The van der Waals surface area contributed by atoms with Crippen LogP contribution in [0.2, 0.25) is 0 Å². The van der Waals surface area contributed by atoms with Crippen molar-refractivity contribution >= 4 is 33.3 Å². The quantitative estimate of drug-likeness (QED) is 0.414. The van der Waals surface area contributed by atoms with E-state index in [4.69, 9.17) is 16.0 Å². The van der Waals surface area contributed by atoms with Gasteiger partial charge >= 0.3 is 5.63 Å². The van der Waals surface area contributed by atoms with Crippen LogP contribution in [0.3, 0.4) is 0 Å². The summed E-state index contributed by atoms with van der Waals surface area (Å²) >= 11 is 5.83. The highest BCUT2D eigenvalue weighted by molar-refractivity contribution is 6.18. The fraction of sp³-hybridized carbons (Fsp3) is 0.0714. The lowest BCUT2D eigenvalue weighted by atomic mass is 10.0. The Bertz CT molecular complexity index is 805. The molecule has 0 fully saturated rings. The number of halogens is 1. The largest absolute Gasteiger partial charge is 0.507 e. The summed E-state index contributed by atoms with van der Waals surface area (Å²) in [5.41, 5.74) is 0.758. The zero-order valence-corrected chi connectivity index (χ0v) is 10.1. The van der Waals surface area contributed by atoms with E-state index in [0.717, 1.165) is 10.9 Å². The first kappa shape index (κ1) is 11.1. The lowest BCUT2D eigenvalue weighted by Crippen LogP contribution is -1.99. The van der Waals surface area contributed by atoms with Crippen LogP contribution >= 0.6 is 11.6 Å². The van der Waals surface area contributed by atoms with Crippen molar-refractivity contribution in [2.24, 2.45) is 0 Å². The van der Waals surface area contributed by atoms with Crippen LogP contribution in [-0.2, 0) is 5.88 Å². The van der Waals surface area contributed by atoms with Gasteiger partial charge in [-0.3, -0.25) is 0 Å². The topological polar surface area (TPSA) is 50.4 Å². The van der Waals surface area contributed by atoms with Crippen LogP contribution in [0, 0.1) is 0 Å². The fourth-order valence-electron chi connectivity index (χ4n) is 2.14. The second-order valence-corrected chi connectivity index (χ2v) is 4.31. The predicted molar refractivity (Wildman–Crippen MR) is 71.2 cm³/mol. The van der Waals surface area contributed by atoms with Gasteiger partial charge in [0.05, 0.1) is 0 Å². The molecule has 1 heterocycles. The molecule has 0 saturated carbocycles. The third-order valence-corrected chi connectivity index (χ3v) is 3.26. The number of benzene rings is 2. The van der Waals surface area contributed by atoms with Crippen LogP contribution in [-0.4, -0.2) is 5.11 Å². The SMILES string of the molecule is O=c1cc(CCl)c2ccc3c(O)cccc3c2o1. The Morgan fingerprint density at radius 3 is 2.67 bits per heavy atom. The van der Waals surface area contributed by atoms with Crippen molar-refractivity contribution in [2.45, 2.75) is 5.88 Å². The summed E-state index contributed by atoms with van der Waals surface area (Å²) in [6, 6.07) is 10.1. The standard InChI is InChI=1S/C14H9ClO3/c15-7-8-6-13(17)18-14-9(8)4-5-10-11(14)2-1-3-12(10)16/h1-6,16H,7H2. The molecule has 1 N–H and O–H groups in total. The van der Waals surface area contributed by atoms with E-state index in [9.17, 15) is 9.90 Å². The molecule has 0 aliphatic heterocycles. The van der Waals surface area contributed by atoms with Gasteiger partial charge in [-0.1, -0.05) is 18.2 Å². The minimum atomic E-state index is -0.436. The van der Waals surface area contributed by atoms with Gasteiger partial charge in [-0.25, -0.2) is 4.79 Å². The van der Waals surface area contributed by atoms with Gasteiger partial charge < -0.3 is 9.52 Å². The van der Waals surface area contributed by atoms with Crippen molar-refractivity contribution < 1.29 is 9.52 Å². The Balaban J connectivity index is 2.59. The zero-order valence-electron chi connectivity index (χ0n) is 9.31. The van der Waals surface area contributed by atoms with E-state index in [1.54, 1.807) is 30.3 Å². The lowest BCUT2D eigenvalue weighted by molar-refractivity contribution is 0.481. The molecule has 0 aliphatic carbocycles. The Labute approximate surface area is 107 Å². The maximum Gasteiger partial charge on any atom is 0.336 e. The van der Waals surface area contributed by atoms with E-state index in [2.05, 4.69) is 0 Å². The van der Waals surface area contributed by atoms with Crippen molar-refractivity contribution in [3.8, 4) is 5.75 Å². The van der Waals surface area contributed by atoms with E-state index in [1.165, 1.54) is 6.07 Å². The molecule has 0 radical (unpaired) electrons. The highest BCUT2D eigenvalue weighted by Gasteiger charge is 2.10. The minimum Gasteiger partial charge on any atom is -0.507 e. The summed E-state index contributed by atoms with van der Waals surface area (Å²) in [7, 11) is 0. The molecule has 1 aromatic heterocycles.